The lowest BCUT2D eigenvalue weighted by molar-refractivity contribution is -0.119. The second-order valence-electron chi connectivity index (χ2n) is 10.00. The number of carbonyl (C=O) groups is 2. The van der Waals surface area contributed by atoms with E-state index >= 15 is 0 Å². The van der Waals surface area contributed by atoms with Crippen molar-refractivity contribution in [3.05, 3.63) is 68.1 Å². The van der Waals surface area contributed by atoms with Crippen molar-refractivity contribution in [2.45, 2.75) is 78.9 Å². The van der Waals surface area contributed by atoms with Gasteiger partial charge < -0.3 is 25.9 Å². The summed E-state index contributed by atoms with van der Waals surface area (Å²) in [4.78, 5) is 42.3. The van der Waals surface area contributed by atoms with E-state index in [1.807, 2.05) is 59.0 Å². The standard InChI is InChI=1S/C29H39N5O3/c1-7-21(15-30)22-13-25(28(36)31-16-26-17(2)12-18(3)32-29(26)37)19(4)27(14-22)34(6)24-10-8-23(9-11-24)33-20(5)35/h7,12-15,23-24,30H,8-11,16H2,1-6H3,(H,31,36)(H,32,37)(H,33,35)/b21-7+,30-15?. The molecule has 8 nitrogen and oxygen atoms in total. The van der Waals surface area contributed by atoms with Crippen molar-refractivity contribution in [1.29, 1.82) is 5.41 Å². The van der Waals surface area contributed by atoms with E-state index in [0.29, 0.717) is 11.1 Å². The molecule has 0 unspecified atom stereocenters. The Hall–Kier alpha value is -3.68. The molecule has 0 spiro atoms. The Balaban J connectivity index is 1.91. The van der Waals surface area contributed by atoms with Crippen LogP contribution in [0.2, 0.25) is 0 Å². The summed E-state index contributed by atoms with van der Waals surface area (Å²) in [6.07, 6.45) is 6.84. The van der Waals surface area contributed by atoms with Gasteiger partial charge in [0.1, 0.15) is 0 Å². The van der Waals surface area contributed by atoms with E-state index in [0.717, 1.165) is 59.3 Å². The third-order valence-corrected chi connectivity index (χ3v) is 7.38. The van der Waals surface area contributed by atoms with Crippen LogP contribution in [0.3, 0.4) is 0 Å². The van der Waals surface area contributed by atoms with Gasteiger partial charge in [-0.25, -0.2) is 0 Å². The second-order valence-corrected chi connectivity index (χ2v) is 10.00. The quantitative estimate of drug-likeness (QED) is 0.403. The molecule has 1 saturated carbocycles. The van der Waals surface area contributed by atoms with Crippen LogP contribution >= 0.6 is 0 Å². The van der Waals surface area contributed by atoms with E-state index in [9.17, 15) is 14.4 Å². The highest BCUT2D eigenvalue weighted by atomic mass is 16.2. The lowest BCUT2D eigenvalue weighted by atomic mass is 9.89. The van der Waals surface area contributed by atoms with Gasteiger partial charge in [-0.15, -0.1) is 0 Å². The van der Waals surface area contributed by atoms with Crippen molar-refractivity contribution in [2.24, 2.45) is 0 Å². The molecule has 4 N–H and O–H groups in total. The maximum atomic E-state index is 13.4. The number of aromatic amines is 1. The number of hydrogen-bond acceptors (Lipinski definition) is 5. The lowest BCUT2D eigenvalue weighted by Crippen LogP contribution is -2.42. The molecule has 1 fully saturated rings. The van der Waals surface area contributed by atoms with Gasteiger partial charge in [0.05, 0.1) is 0 Å². The molecule has 2 aromatic rings. The summed E-state index contributed by atoms with van der Waals surface area (Å²) < 4.78 is 0. The van der Waals surface area contributed by atoms with Gasteiger partial charge in [-0.05, 0) is 93.8 Å². The molecule has 1 aliphatic carbocycles. The van der Waals surface area contributed by atoms with Gasteiger partial charge in [-0.2, -0.15) is 0 Å². The Morgan fingerprint density at radius 2 is 1.81 bits per heavy atom. The van der Waals surface area contributed by atoms with Crippen LogP contribution < -0.4 is 21.1 Å². The van der Waals surface area contributed by atoms with E-state index in [4.69, 9.17) is 5.41 Å². The molecule has 2 amide bonds. The number of aromatic nitrogens is 1. The first kappa shape index (κ1) is 27.9. The van der Waals surface area contributed by atoms with Gasteiger partial charge in [0, 0.05) is 61.3 Å². The summed E-state index contributed by atoms with van der Waals surface area (Å²) in [5.41, 5.74) is 5.80. The molecule has 0 saturated heterocycles. The zero-order valence-electron chi connectivity index (χ0n) is 22.7. The summed E-state index contributed by atoms with van der Waals surface area (Å²) in [6.45, 7) is 9.20. The molecule has 1 aliphatic rings. The fraction of sp³-hybridized carbons (Fsp3) is 0.448. The first-order valence-corrected chi connectivity index (χ1v) is 12.8. The fourth-order valence-corrected chi connectivity index (χ4v) is 5.26. The Bertz CT molecular complexity index is 1270. The molecule has 0 aliphatic heterocycles. The van der Waals surface area contributed by atoms with E-state index in [1.54, 1.807) is 6.92 Å². The molecule has 0 radical (unpaired) electrons. The number of amides is 2. The lowest BCUT2D eigenvalue weighted by Gasteiger charge is -2.37. The van der Waals surface area contributed by atoms with Crippen LogP contribution in [0.5, 0.6) is 0 Å². The molecular weight excluding hydrogens is 466 g/mol. The zero-order valence-corrected chi connectivity index (χ0v) is 22.7. The monoisotopic (exact) mass is 505 g/mol. The number of aryl methyl sites for hydroxylation is 2. The number of hydrogen-bond donors (Lipinski definition) is 4. The number of rotatable bonds is 8. The average molecular weight is 506 g/mol. The van der Waals surface area contributed by atoms with Gasteiger partial charge in [-0.3, -0.25) is 14.4 Å². The van der Waals surface area contributed by atoms with Gasteiger partial charge >= 0.3 is 0 Å². The molecule has 37 heavy (non-hydrogen) atoms. The van der Waals surface area contributed by atoms with Crippen LogP contribution in [0.25, 0.3) is 5.57 Å². The summed E-state index contributed by atoms with van der Waals surface area (Å²) >= 11 is 0. The normalized spacial score (nSPS) is 17.7. The predicted molar refractivity (Wildman–Crippen MR) is 150 cm³/mol. The van der Waals surface area contributed by atoms with E-state index in [1.165, 1.54) is 6.21 Å². The molecule has 198 valence electrons. The van der Waals surface area contributed by atoms with E-state index in [-0.39, 0.29) is 36.0 Å². The maximum Gasteiger partial charge on any atom is 0.253 e. The van der Waals surface area contributed by atoms with Gasteiger partial charge in [0.15, 0.2) is 0 Å². The van der Waals surface area contributed by atoms with E-state index < -0.39 is 0 Å². The minimum absolute atomic E-state index is 0.00403. The van der Waals surface area contributed by atoms with Crippen molar-refractivity contribution in [1.82, 2.24) is 15.6 Å². The molecule has 8 heteroatoms. The van der Waals surface area contributed by atoms with Gasteiger partial charge in [0.2, 0.25) is 5.91 Å². The number of nitrogens with zero attached hydrogens (tertiary/aromatic N) is 1. The Labute approximate surface area is 219 Å². The minimum atomic E-state index is -0.261. The number of allylic oxidation sites excluding steroid dienone is 2. The van der Waals surface area contributed by atoms with Crippen molar-refractivity contribution in [2.75, 3.05) is 11.9 Å². The highest BCUT2D eigenvalue weighted by Gasteiger charge is 2.27. The summed E-state index contributed by atoms with van der Waals surface area (Å²) in [5, 5.41) is 13.8. The van der Waals surface area contributed by atoms with Crippen molar-refractivity contribution in [3.8, 4) is 0 Å². The minimum Gasteiger partial charge on any atom is -0.371 e. The fourth-order valence-electron chi connectivity index (χ4n) is 5.26. The topological polar surface area (TPSA) is 118 Å². The van der Waals surface area contributed by atoms with Gasteiger partial charge in [-0.1, -0.05) is 6.08 Å². The number of H-pyrrole nitrogens is 1. The third-order valence-electron chi connectivity index (χ3n) is 7.38. The highest BCUT2D eigenvalue weighted by Crippen LogP contribution is 2.33. The Morgan fingerprint density at radius 3 is 2.38 bits per heavy atom. The van der Waals surface area contributed by atoms with Crippen molar-refractivity contribution in [3.63, 3.8) is 0 Å². The smallest absolute Gasteiger partial charge is 0.253 e. The van der Waals surface area contributed by atoms with Crippen LogP contribution in [0.4, 0.5) is 5.69 Å². The first-order valence-electron chi connectivity index (χ1n) is 12.8. The molecular formula is C29H39N5O3. The van der Waals surface area contributed by atoms with Crippen LogP contribution in [0.15, 0.2) is 29.1 Å². The molecule has 1 heterocycles. The van der Waals surface area contributed by atoms with Crippen LogP contribution in [0, 0.1) is 26.2 Å². The first-order chi connectivity index (χ1) is 17.5. The van der Waals surface area contributed by atoms with Gasteiger partial charge in [0.25, 0.3) is 11.5 Å². The van der Waals surface area contributed by atoms with Crippen LogP contribution in [-0.4, -0.2) is 42.1 Å². The average Bonchev–Trinajstić information content (AvgIpc) is 2.84. The third kappa shape index (κ3) is 6.56. The maximum absolute atomic E-state index is 13.4. The molecule has 0 atom stereocenters. The number of benzene rings is 1. The van der Waals surface area contributed by atoms with E-state index in [2.05, 4.69) is 20.5 Å². The summed E-state index contributed by atoms with van der Waals surface area (Å²) in [6, 6.07) is 6.24. The second kappa shape index (κ2) is 12.0. The zero-order chi connectivity index (χ0) is 27.3. The number of pyridine rings is 1. The predicted octanol–water partition coefficient (Wildman–Crippen LogP) is 4.17. The number of nitrogens with one attached hydrogen (secondary N) is 4. The Morgan fingerprint density at radius 1 is 1.14 bits per heavy atom. The SMILES string of the molecule is C/C=C(\C=N)c1cc(C(=O)NCc2c(C)cc(C)[nH]c2=O)c(C)c(N(C)C2CCC(NC(C)=O)CC2)c1. The number of carbonyl (C=O) groups excluding carboxylic acids is 2. The summed E-state index contributed by atoms with van der Waals surface area (Å²) in [7, 11) is 2.05. The Kier molecular flexibility index (Phi) is 9.08. The highest BCUT2D eigenvalue weighted by molar-refractivity contribution is 6.10. The molecule has 3 rings (SSSR count). The molecule has 1 aromatic heterocycles. The largest absolute Gasteiger partial charge is 0.371 e. The van der Waals surface area contributed by atoms with Crippen LogP contribution in [-0.2, 0) is 11.3 Å². The number of anilines is 1. The molecule has 0 bridgehead atoms. The van der Waals surface area contributed by atoms with Crippen molar-refractivity contribution < 1.29 is 9.59 Å². The van der Waals surface area contributed by atoms with Crippen LogP contribution in [0.1, 0.15) is 77.8 Å². The molecule has 1 aromatic carbocycles. The van der Waals surface area contributed by atoms with Crippen molar-refractivity contribution >= 4 is 29.3 Å². The summed E-state index contributed by atoms with van der Waals surface area (Å²) in [5.74, 6) is -0.257.